The molecule has 2 aromatic rings. The summed E-state index contributed by atoms with van der Waals surface area (Å²) in [4.78, 5) is 17.9. The van der Waals surface area contributed by atoms with Gasteiger partial charge in [0.2, 0.25) is 0 Å². The van der Waals surface area contributed by atoms with Gasteiger partial charge in [-0.15, -0.1) is 0 Å². The number of piperidine rings is 1. The maximum absolute atomic E-state index is 11.3. The van der Waals surface area contributed by atoms with Gasteiger partial charge in [-0.3, -0.25) is 9.78 Å². The molecule has 0 unspecified atom stereocenters. The lowest BCUT2D eigenvalue weighted by atomic mass is 10.1. The molecule has 1 aromatic carbocycles. The molecule has 0 amide bonds. The maximum atomic E-state index is 11.3. The molecule has 1 fully saturated rings. The van der Waals surface area contributed by atoms with E-state index < -0.39 is 0 Å². The number of benzene rings is 1. The van der Waals surface area contributed by atoms with E-state index >= 15 is 0 Å². The fourth-order valence-corrected chi connectivity index (χ4v) is 2.36. The first kappa shape index (κ1) is 10.3. The monoisotopic (exact) mass is 226 g/mol. The van der Waals surface area contributed by atoms with Crippen LogP contribution in [-0.2, 0) is 4.79 Å². The lowest BCUT2D eigenvalue weighted by molar-refractivity contribution is -0.119. The smallest absolute Gasteiger partial charge is 0.136 e. The highest BCUT2D eigenvalue weighted by Crippen LogP contribution is 2.27. The number of fused-ring (bicyclic) bond motifs is 1. The molecule has 0 bridgehead atoms. The number of hydrogen-bond acceptors (Lipinski definition) is 3. The lowest BCUT2D eigenvalue weighted by Crippen LogP contribution is -2.33. The maximum Gasteiger partial charge on any atom is 0.136 e. The number of carbonyl (C=O) groups is 1. The Balaban J connectivity index is 2.02. The predicted octanol–water partition coefficient (Wildman–Crippen LogP) is 2.40. The van der Waals surface area contributed by atoms with Gasteiger partial charge in [0.25, 0.3) is 0 Å². The number of pyridine rings is 1. The highest BCUT2D eigenvalue weighted by molar-refractivity contribution is 5.92. The van der Waals surface area contributed by atoms with Gasteiger partial charge >= 0.3 is 0 Å². The van der Waals surface area contributed by atoms with Gasteiger partial charge in [0, 0.05) is 43.2 Å². The van der Waals surface area contributed by atoms with Crippen LogP contribution in [0.4, 0.5) is 5.69 Å². The van der Waals surface area contributed by atoms with E-state index in [1.165, 1.54) is 11.1 Å². The van der Waals surface area contributed by atoms with Crippen molar-refractivity contribution < 1.29 is 4.79 Å². The molecule has 2 heterocycles. The first-order valence-electron chi connectivity index (χ1n) is 5.95. The van der Waals surface area contributed by atoms with Gasteiger partial charge in [0.15, 0.2) is 0 Å². The van der Waals surface area contributed by atoms with Gasteiger partial charge in [-0.25, -0.2) is 0 Å². The van der Waals surface area contributed by atoms with E-state index in [4.69, 9.17) is 0 Å². The van der Waals surface area contributed by atoms with Gasteiger partial charge in [-0.2, -0.15) is 0 Å². The number of rotatable bonds is 1. The van der Waals surface area contributed by atoms with E-state index in [0.717, 1.165) is 18.6 Å². The van der Waals surface area contributed by atoms with Crippen LogP contribution in [-0.4, -0.2) is 23.9 Å². The van der Waals surface area contributed by atoms with Gasteiger partial charge < -0.3 is 4.90 Å². The van der Waals surface area contributed by atoms with Crippen LogP contribution in [0.2, 0.25) is 0 Å². The molecular weight excluding hydrogens is 212 g/mol. The summed E-state index contributed by atoms with van der Waals surface area (Å²) in [5, 5.41) is 1.17. The molecule has 86 valence electrons. The molecule has 0 saturated carbocycles. The minimum absolute atomic E-state index is 0.375. The Hall–Kier alpha value is -1.90. The van der Waals surface area contributed by atoms with E-state index in [9.17, 15) is 4.79 Å². The summed E-state index contributed by atoms with van der Waals surface area (Å²) in [6.45, 7) is 1.65. The lowest BCUT2D eigenvalue weighted by Gasteiger charge is -2.29. The summed E-state index contributed by atoms with van der Waals surface area (Å²) in [6.07, 6.45) is 3.14. The second-order valence-corrected chi connectivity index (χ2v) is 4.37. The SMILES string of the molecule is O=C1CCN(c2cccc3ncccc23)CC1. The van der Waals surface area contributed by atoms with Crippen LogP contribution in [0.3, 0.4) is 0 Å². The predicted molar refractivity (Wildman–Crippen MR) is 68.2 cm³/mol. The fourth-order valence-electron chi connectivity index (χ4n) is 2.36. The summed E-state index contributed by atoms with van der Waals surface area (Å²) < 4.78 is 0. The summed E-state index contributed by atoms with van der Waals surface area (Å²) in [6, 6.07) is 10.2. The van der Waals surface area contributed by atoms with Crippen LogP contribution >= 0.6 is 0 Å². The Bertz CT molecular complexity index is 550. The van der Waals surface area contributed by atoms with Gasteiger partial charge in [0.1, 0.15) is 5.78 Å². The average molecular weight is 226 g/mol. The van der Waals surface area contributed by atoms with E-state index in [0.29, 0.717) is 18.6 Å². The fraction of sp³-hybridized carbons (Fsp3) is 0.286. The minimum Gasteiger partial charge on any atom is -0.370 e. The van der Waals surface area contributed by atoms with Crippen molar-refractivity contribution >= 4 is 22.4 Å². The van der Waals surface area contributed by atoms with Crippen LogP contribution in [0.1, 0.15) is 12.8 Å². The molecule has 1 saturated heterocycles. The highest BCUT2D eigenvalue weighted by atomic mass is 16.1. The number of aromatic nitrogens is 1. The topological polar surface area (TPSA) is 33.2 Å². The average Bonchev–Trinajstić information content (AvgIpc) is 2.39. The Kier molecular flexibility index (Phi) is 2.52. The number of carbonyl (C=O) groups excluding carboxylic acids is 1. The molecule has 3 heteroatoms. The van der Waals surface area contributed by atoms with E-state index in [1.807, 2.05) is 24.4 Å². The molecule has 1 aliphatic heterocycles. The van der Waals surface area contributed by atoms with Crippen molar-refractivity contribution in [2.45, 2.75) is 12.8 Å². The number of hydrogen-bond donors (Lipinski definition) is 0. The molecule has 0 N–H and O–H groups in total. The van der Waals surface area contributed by atoms with Gasteiger partial charge in [0.05, 0.1) is 5.52 Å². The number of anilines is 1. The summed E-state index contributed by atoms with van der Waals surface area (Å²) in [5.74, 6) is 0.375. The number of nitrogens with zero attached hydrogens (tertiary/aromatic N) is 2. The van der Waals surface area contributed by atoms with Gasteiger partial charge in [-0.1, -0.05) is 6.07 Å². The van der Waals surface area contributed by atoms with Crippen LogP contribution < -0.4 is 4.90 Å². The molecule has 0 radical (unpaired) electrons. The highest BCUT2D eigenvalue weighted by Gasteiger charge is 2.17. The summed E-state index contributed by atoms with van der Waals surface area (Å²) in [5.41, 5.74) is 2.21. The Morgan fingerprint density at radius 3 is 2.71 bits per heavy atom. The van der Waals surface area contributed by atoms with Crippen molar-refractivity contribution in [2.24, 2.45) is 0 Å². The van der Waals surface area contributed by atoms with E-state index in [2.05, 4.69) is 22.0 Å². The van der Waals surface area contributed by atoms with Crippen molar-refractivity contribution in [1.82, 2.24) is 4.98 Å². The summed E-state index contributed by atoms with van der Waals surface area (Å²) >= 11 is 0. The quantitative estimate of drug-likeness (QED) is 0.748. The second kappa shape index (κ2) is 4.17. The van der Waals surface area contributed by atoms with Crippen LogP contribution in [0.15, 0.2) is 36.5 Å². The third-order valence-corrected chi connectivity index (χ3v) is 3.28. The minimum atomic E-state index is 0.375. The van der Waals surface area contributed by atoms with Crippen molar-refractivity contribution in [1.29, 1.82) is 0 Å². The number of Topliss-reactive ketones (excluding diaryl/α,β-unsaturated/α-hetero) is 1. The van der Waals surface area contributed by atoms with Crippen LogP contribution in [0, 0.1) is 0 Å². The van der Waals surface area contributed by atoms with E-state index in [-0.39, 0.29) is 0 Å². The molecule has 17 heavy (non-hydrogen) atoms. The standard InChI is InChI=1S/C14H14N2O/c17-11-6-9-16(10-7-11)14-5-1-4-13-12(14)3-2-8-15-13/h1-5,8H,6-7,9-10H2. The molecule has 0 atom stereocenters. The van der Waals surface area contributed by atoms with Crippen molar-refractivity contribution in [2.75, 3.05) is 18.0 Å². The Labute approximate surface area is 100 Å². The summed E-state index contributed by atoms with van der Waals surface area (Å²) in [7, 11) is 0. The molecule has 3 rings (SSSR count). The third-order valence-electron chi connectivity index (χ3n) is 3.28. The Morgan fingerprint density at radius 2 is 1.88 bits per heavy atom. The zero-order chi connectivity index (χ0) is 11.7. The molecular formula is C14H14N2O. The van der Waals surface area contributed by atoms with Crippen molar-refractivity contribution in [3.05, 3.63) is 36.5 Å². The third kappa shape index (κ3) is 1.88. The first-order chi connectivity index (χ1) is 8.34. The van der Waals surface area contributed by atoms with E-state index in [1.54, 1.807) is 0 Å². The first-order valence-corrected chi connectivity index (χ1v) is 5.95. The van der Waals surface area contributed by atoms with Crippen molar-refractivity contribution in [3.63, 3.8) is 0 Å². The molecule has 0 spiro atoms. The van der Waals surface area contributed by atoms with Crippen molar-refractivity contribution in [3.8, 4) is 0 Å². The molecule has 3 nitrogen and oxygen atoms in total. The Morgan fingerprint density at radius 1 is 1.06 bits per heavy atom. The largest absolute Gasteiger partial charge is 0.370 e. The van der Waals surface area contributed by atoms with Gasteiger partial charge in [-0.05, 0) is 24.3 Å². The zero-order valence-corrected chi connectivity index (χ0v) is 9.60. The van der Waals surface area contributed by atoms with Crippen LogP contribution in [0.5, 0.6) is 0 Å². The molecule has 1 aromatic heterocycles. The van der Waals surface area contributed by atoms with Crippen LogP contribution in [0.25, 0.3) is 10.9 Å². The molecule has 0 aliphatic carbocycles. The second-order valence-electron chi connectivity index (χ2n) is 4.37. The normalized spacial score (nSPS) is 16.5. The molecule has 1 aliphatic rings. The number of ketones is 1. The zero-order valence-electron chi connectivity index (χ0n) is 9.60.